The monoisotopic (exact) mass is 480 g/mol. The number of benzene rings is 2. The van der Waals surface area contributed by atoms with Gasteiger partial charge in [-0.1, -0.05) is 24.3 Å². The Bertz CT molecular complexity index is 1330. The molecule has 0 saturated carbocycles. The minimum absolute atomic E-state index is 0.129. The molecular formula is C24H24N4O5S. The van der Waals surface area contributed by atoms with Crippen molar-refractivity contribution in [1.82, 2.24) is 4.98 Å². The van der Waals surface area contributed by atoms with Gasteiger partial charge in [-0.2, -0.15) is 0 Å². The molecule has 34 heavy (non-hydrogen) atoms. The van der Waals surface area contributed by atoms with Gasteiger partial charge in [-0.3, -0.25) is 14.4 Å². The number of aromatic nitrogens is 1. The van der Waals surface area contributed by atoms with Gasteiger partial charge in [0.25, 0.3) is 0 Å². The molecule has 0 bridgehead atoms. The number of ether oxygens (including phenoxy) is 1. The van der Waals surface area contributed by atoms with Crippen LogP contribution >= 0.6 is 0 Å². The first kappa shape index (κ1) is 23.2. The number of hydrogen-bond donors (Lipinski definition) is 1. The van der Waals surface area contributed by atoms with Gasteiger partial charge in [0, 0.05) is 31.4 Å². The molecule has 9 nitrogen and oxygen atoms in total. The second-order valence-electron chi connectivity index (χ2n) is 8.04. The van der Waals surface area contributed by atoms with E-state index in [2.05, 4.69) is 9.71 Å². The van der Waals surface area contributed by atoms with E-state index in [9.17, 15) is 18.0 Å². The molecule has 1 N–H and O–H groups in total. The van der Waals surface area contributed by atoms with Gasteiger partial charge in [0.15, 0.2) is 0 Å². The average Bonchev–Trinajstić information content (AvgIpc) is 2.78. The SMILES string of the molecule is CC(=O)N1c2ccc(-c3ccc(NS(C)(=O)=O)cc3)cc2N(C(=O)Oc2ccccn2)C[C@@H]1C. The highest BCUT2D eigenvalue weighted by Gasteiger charge is 2.35. The molecule has 1 aliphatic heterocycles. The molecule has 0 radical (unpaired) electrons. The molecule has 176 valence electrons. The molecule has 4 rings (SSSR count). The van der Waals surface area contributed by atoms with Gasteiger partial charge in [-0.25, -0.2) is 18.2 Å². The summed E-state index contributed by atoms with van der Waals surface area (Å²) in [5, 5.41) is 0. The van der Waals surface area contributed by atoms with E-state index >= 15 is 0 Å². The number of rotatable bonds is 4. The summed E-state index contributed by atoms with van der Waals surface area (Å²) in [6.07, 6.45) is 2.03. The molecule has 2 amide bonds. The van der Waals surface area contributed by atoms with E-state index in [0.717, 1.165) is 17.4 Å². The molecule has 1 aliphatic rings. The summed E-state index contributed by atoms with van der Waals surface area (Å²) < 4.78 is 30.8. The Morgan fingerprint density at radius 3 is 2.35 bits per heavy atom. The highest BCUT2D eigenvalue weighted by atomic mass is 32.2. The lowest BCUT2D eigenvalue weighted by Gasteiger charge is -2.40. The minimum Gasteiger partial charge on any atom is -0.391 e. The maximum absolute atomic E-state index is 13.1. The smallest absolute Gasteiger partial charge is 0.391 e. The van der Waals surface area contributed by atoms with Crippen molar-refractivity contribution in [2.24, 2.45) is 0 Å². The Morgan fingerprint density at radius 2 is 1.74 bits per heavy atom. The van der Waals surface area contributed by atoms with E-state index < -0.39 is 16.1 Å². The number of nitrogens with one attached hydrogen (secondary N) is 1. The number of nitrogens with zero attached hydrogens (tertiary/aromatic N) is 3. The number of hydrogen-bond acceptors (Lipinski definition) is 6. The van der Waals surface area contributed by atoms with E-state index in [-0.39, 0.29) is 24.4 Å². The molecule has 0 spiro atoms. The second kappa shape index (κ2) is 9.14. The van der Waals surface area contributed by atoms with Crippen LogP contribution in [0.5, 0.6) is 5.88 Å². The number of carbonyl (C=O) groups excluding carboxylic acids is 2. The number of sulfonamides is 1. The first-order valence-electron chi connectivity index (χ1n) is 10.5. The van der Waals surface area contributed by atoms with Crippen molar-refractivity contribution < 1.29 is 22.7 Å². The Morgan fingerprint density at radius 1 is 1.03 bits per heavy atom. The van der Waals surface area contributed by atoms with Crippen LogP contribution in [0.15, 0.2) is 66.9 Å². The van der Waals surface area contributed by atoms with Crippen molar-refractivity contribution in [3.63, 3.8) is 0 Å². The standard InChI is InChI=1S/C24H24N4O5S/c1-16-15-27(24(30)33-23-6-4-5-13-25-23)22-14-19(9-12-21(22)28(16)17(2)29)18-7-10-20(11-8-18)26-34(3,31)32/h4-14,16,26H,15H2,1-3H3/t16-/m0/s1. The van der Waals surface area contributed by atoms with Crippen LogP contribution < -0.4 is 19.3 Å². The van der Waals surface area contributed by atoms with Crippen LogP contribution in [0.3, 0.4) is 0 Å². The third kappa shape index (κ3) is 5.01. The molecule has 0 unspecified atom stereocenters. The highest BCUT2D eigenvalue weighted by Crippen LogP contribution is 2.39. The fourth-order valence-corrected chi connectivity index (χ4v) is 4.52. The normalized spacial score (nSPS) is 15.4. The third-order valence-corrected chi connectivity index (χ3v) is 5.93. The number of carbonyl (C=O) groups is 2. The summed E-state index contributed by atoms with van der Waals surface area (Å²) in [5.41, 5.74) is 3.18. The van der Waals surface area contributed by atoms with Gasteiger partial charge in [0.1, 0.15) is 0 Å². The van der Waals surface area contributed by atoms with Gasteiger partial charge in [0.2, 0.25) is 21.8 Å². The van der Waals surface area contributed by atoms with E-state index in [1.807, 2.05) is 19.1 Å². The first-order valence-corrected chi connectivity index (χ1v) is 12.4. The highest BCUT2D eigenvalue weighted by molar-refractivity contribution is 7.92. The topological polar surface area (TPSA) is 109 Å². The summed E-state index contributed by atoms with van der Waals surface area (Å²) in [4.78, 5) is 32.6. The molecule has 10 heteroatoms. The Balaban J connectivity index is 1.71. The van der Waals surface area contributed by atoms with Crippen LogP contribution in [0, 0.1) is 0 Å². The zero-order chi connectivity index (χ0) is 24.5. The Labute approximate surface area is 198 Å². The van der Waals surface area contributed by atoms with E-state index in [1.165, 1.54) is 18.0 Å². The van der Waals surface area contributed by atoms with Crippen molar-refractivity contribution in [3.05, 3.63) is 66.9 Å². The molecule has 0 fully saturated rings. The van der Waals surface area contributed by atoms with Gasteiger partial charge in [-0.05, 0) is 48.4 Å². The van der Waals surface area contributed by atoms with Gasteiger partial charge < -0.3 is 9.64 Å². The molecule has 0 aliphatic carbocycles. The maximum Gasteiger partial charge on any atom is 0.421 e. The van der Waals surface area contributed by atoms with Crippen LogP contribution in [-0.2, 0) is 14.8 Å². The summed E-state index contributed by atoms with van der Waals surface area (Å²) in [7, 11) is -3.38. The summed E-state index contributed by atoms with van der Waals surface area (Å²) >= 11 is 0. The average molecular weight is 481 g/mol. The third-order valence-electron chi connectivity index (χ3n) is 5.32. The predicted molar refractivity (Wildman–Crippen MR) is 131 cm³/mol. The van der Waals surface area contributed by atoms with Crippen molar-refractivity contribution in [1.29, 1.82) is 0 Å². The van der Waals surface area contributed by atoms with Crippen LogP contribution in [0.4, 0.5) is 21.9 Å². The zero-order valence-corrected chi connectivity index (χ0v) is 19.7. The van der Waals surface area contributed by atoms with Gasteiger partial charge in [0.05, 0.1) is 23.7 Å². The molecule has 0 saturated heterocycles. The summed E-state index contributed by atoms with van der Waals surface area (Å²) in [6.45, 7) is 3.61. The lowest BCUT2D eigenvalue weighted by atomic mass is 10.0. The van der Waals surface area contributed by atoms with Crippen LogP contribution in [0.2, 0.25) is 0 Å². The maximum atomic E-state index is 13.1. The van der Waals surface area contributed by atoms with E-state index in [1.54, 1.807) is 53.4 Å². The molecule has 2 heterocycles. The summed E-state index contributed by atoms with van der Waals surface area (Å²) in [6, 6.07) is 17.1. The number of pyridine rings is 1. The first-order chi connectivity index (χ1) is 16.1. The second-order valence-corrected chi connectivity index (χ2v) is 9.79. The van der Waals surface area contributed by atoms with Crippen LogP contribution in [0.25, 0.3) is 11.1 Å². The molecule has 1 aromatic heterocycles. The zero-order valence-electron chi connectivity index (χ0n) is 18.9. The summed E-state index contributed by atoms with van der Waals surface area (Å²) in [5.74, 6) is 0.0521. The lowest BCUT2D eigenvalue weighted by Crippen LogP contribution is -2.52. The molecule has 2 aromatic carbocycles. The number of amides is 2. The van der Waals surface area contributed by atoms with Gasteiger partial charge in [-0.15, -0.1) is 0 Å². The fourth-order valence-electron chi connectivity index (χ4n) is 3.95. The lowest BCUT2D eigenvalue weighted by molar-refractivity contribution is -0.117. The quantitative estimate of drug-likeness (QED) is 0.607. The van der Waals surface area contributed by atoms with Crippen molar-refractivity contribution in [2.75, 3.05) is 27.3 Å². The van der Waals surface area contributed by atoms with Crippen LogP contribution in [-0.4, -0.2) is 44.2 Å². The largest absolute Gasteiger partial charge is 0.421 e. The molecular weight excluding hydrogens is 456 g/mol. The van der Waals surface area contributed by atoms with Crippen molar-refractivity contribution in [3.8, 4) is 17.0 Å². The van der Waals surface area contributed by atoms with Crippen LogP contribution in [0.1, 0.15) is 13.8 Å². The number of fused-ring (bicyclic) bond motifs is 1. The van der Waals surface area contributed by atoms with Gasteiger partial charge >= 0.3 is 6.09 Å². The van der Waals surface area contributed by atoms with E-state index in [4.69, 9.17) is 4.74 Å². The fraction of sp³-hybridized carbons (Fsp3) is 0.208. The Hall–Kier alpha value is -3.92. The Kier molecular flexibility index (Phi) is 6.25. The number of anilines is 3. The van der Waals surface area contributed by atoms with E-state index in [0.29, 0.717) is 17.1 Å². The van der Waals surface area contributed by atoms with Crippen molar-refractivity contribution in [2.45, 2.75) is 19.9 Å². The molecule has 1 atom stereocenters. The molecule has 3 aromatic rings. The minimum atomic E-state index is -3.38. The van der Waals surface area contributed by atoms with Crippen molar-refractivity contribution >= 4 is 39.1 Å². The predicted octanol–water partition coefficient (Wildman–Crippen LogP) is 3.88.